The van der Waals surface area contributed by atoms with Gasteiger partial charge in [0.1, 0.15) is 11.9 Å². The van der Waals surface area contributed by atoms with E-state index in [1.165, 1.54) is 11.1 Å². The Bertz CT molecular complexity index is 538. The van der Waals surface area contributed by atoms with Gasteiger partial charge in [-0.25, -0.2) is 0 Å². The molecule has 0 heterocycles. The summed E-state index contributed by atoms with van der Waals surface area (Å²) >= 11 is 0. The smallest absolute Gasteiger partial charge is 0.122 e. The largest absolute Gasteiger partial charge is 0.488 e. The van der Waals surface area contributed by atoms with E-state index in [1.54, 1.807) is 0 Å². The molecule has 0 aliphatic rings. The molecule has 0 radical (unpaired) electrons. The number of aryl methyl sites for hydroxylation is 1. The fourth-order valence-electron chi connectivity index (χ4n) is 2.47. The van der Waals surface area contributed by atoms with Crippen LogP contribution in [0.15, 0.2) is 54.6 Å². The van der Waals surface area contributed by atoms with E-state index < -0.39 is 0 Å². The molecule has 0 aliphatic carbocycles. The topological polar surface area (TPSA) is 21.3 Å². The molecule has 0 amide bonds. The fourth-order valence-corrected chi connectivity index (χ4v) is 2.47. The van der Waals surface area contributed by atoms with Crippen molar-refractivity contribution in [3.8, 4) is 5.75 Å². The van der Waals surface area contributed by atoms with E-state index >= 15 is 0 Å². The Labute approximate surface area is 128 Å². The van der Waals surface area contributed by atoms with Gasteiger partial charge < -0.3 is 10.1 Å². The molecule has 0 saturated carbocycles. The Kier molecular flexibility index (Phi) is 5.82. The third kappa shape index (κ3) is 4.33. The maximum Gasteiger partial charge on any atom is 0.122 e. The maximum atomic E-state index is 6.20. The Balaban J connectivity index is 2.14. The summed E-state index contributed by atoms with van der Waals surface area (Å²) in [5.41, 5.74) is 2.44. The quantitative estimate of drug-likeness (QED) is 0.807. The van der Waals surface area contributed by atoms with Crippen molar-refractivity contribution >= 4 is 0 Å². The normalized spacial score (nSPS) is 13.7. The lowest BCUT2D eigenvalue weighted by atomic mass is 10.0. The van der Waals surface area contributed by atoms with Gasteiger partial charge in [0, 0.05) is 0 Å². The van der Waals surface area contributed by atoms with Crippen molar-refractivity contribution in [2.45, 2.75) is 39.3 Å². The van der Waals surface area contributed by atoms with E-state index in [9.17, 15) is 0 Å². The van der Waals surface area contributed by atoms with Crippen LogP contribution in [0.25, 0.3) is 0 Å². The van der Waals surface area contributed by atoms with Gasteiger partial charge in [-0.3, -0.25) is 0 Å². The number of para-hydroxylation sites is 1. The van der Waals surface area contributed by atoms with E-state index in [0.29, 0.717) is 0 Å². The second kappa shape index (κ2) is 7.84. The minimum Gasteiger partial charge on any atom is -0.488 e. The minimum absolute atomic E-state index is 0.0695. The summed E-state index contributed by atoms with van der Waals surface area (Å²) in [5.74, 6) is 0.962. The lowest BCUT2D eigenvalue weighted by molar-refractivity contribution is 0.169. The van der Waals surface area contributed by atoms with Crippen molar-refractivity contribution in [1.82, 2.24) is 5.32 Å². The van der Waals surface area contributed by atoms with Crippen molar-refractivity contribution in [2.75, 3.05) is 6.54 Å². The molecule has 0 aromatic heterocycles. The Morgan fingerprint density at radius 1 is 1.00 bits per heavy atom. The minimum atomic E-state index is 0.0695. The molecule has 1 N–H and O–H groups in total. The maximum absolute atomic E-state index is 6.20. The summed E-state index contributed by atoms with van der Waals surface area (Å²) in [4.78, 5) is 0. The zero-order valence-corrected chi connectivity index (χ0v) is 13.2. The van der Waals surface area contributed by atoms with Crippen LogP contribution in [0.3, 0.4) is 0 Å². The Morgan fingerprint density at radius 3 is 2.33 bits per heavy atom. The third-order valence-corrected chi connectivity index (χ3v) is 3.65. The molecule has 2 aromatic carbocycles. The first-order chi connectivity index (χ1) is 10.2. The predicted molar refractivity (Wildman–Crippen MR) is 88.7 cm³/mol. The van der Waals surface area contributed by atoms with Crippen LogP contribution < -0.4 is 10.1 Å². The van der Waals surface area contributed by atoms with Gasteiger partial charge in [-0.15, -0.1) is 0 Å². The van der Waals surface area contributed by atoms with Gasteiger partial charge in [-0.2, -0.15) is 0 Å². The first-order valence-electron chi connectivity index (χ1n) is 7.73. The van der Waals surface area contributed by atoms with Gasteiger partial charge in [0.25, 0.3) is 0 Å². The number of hydrogen-bond donors (Lipinski definition) is 1. The standard InChI is InChI=1S/C19H25NO/c1-4-14-20-19(17-11-6-5-7-12-17)16(3)21-18-13-9-8-10-15(18)2/h5-13,16,19-20H,4,14H2,1-3H3. The molecule has 2 rings (SSSR count). The van der Waals surface area contributed by atoms with Crippen LogP contribution in [0.4, 0.5) is 0 Å². The van der Waals surface area contributed by atoms with Crippen LogP contribution in [-0.2, 0) is 0 Å². The molecule has 0 bridgehead atoms. The summed E-state index contributed by atoms with van der Waals surface area (Å²) in [6.45, 7) is 7.38. The fraction of sp³-hybridized carbons (Fsp3) is 0.368. The molecule has 21 heavy (non-hydrogen) atoms. The second-order valence-electron chi connectivity index (χ2n) is 5.43. The summed E-state index contributed by atoms with van der Waals surface area (Å²) < 4.78 is 6.20. The van der Waals surface area contributed by atoms with Crippen molar-refractivity contribution in [3.63, 3.8) is 0 Å². The zero-order valence-electron chi connectivity index (χ0n) is 13.2. The monoisotopic (exact) mass is 283 g/mol. The van der Waals surface area contributed by atoms with Gasteiger partial charge in [-0.1, -0.05) is 55.5 Å². The average molecular weight is 283 g/mol. The van der Waals surface area contributed by atoms with Gasteiger partial charge in [0.05, 0.1) is 6.04 Å². The summed E-state index contributed by atoms with van der Waals surface area (Å²) in [6.07, 6.45) is 1.18. The highest BCUT2D eigenvalue weighted by atomic mass is 16.5. The van der Waals surface area contributed by atoms with Gasteiger partial charge in [-0.05, 0) is 44.0 Å². The van der Waals surface area contributed by atoms with Gasteiger partial charge in [0.2, 0.25) is 0 Å². The SMILES string of the molecule is CCCNC(c1ccccc1)C(C)Oc1ccccc1C. The molecular formula is C19H25NO. The Morgan fingerprint density at radius 2 is 1.67 bits per heavy atom. The van der Waals surface area contributed by atoms with Crippen molar-refractivity contribution < 1.29 is 4.74 Å². The Hall–Kier alpha value is -1.80. The second-order valence-corrected chi connectivity index (χ2v) is 5.43. The third-order valence-electron chi connectivity index (χ3n) is 3.65. The molecule has 2 heteroatoms. The number of hydrogen-bond acceptors (Lipinski definition) is 2. The molecule has 0 aliphatic heterocycles. The molecule has 2 atom stereocenters. The van der Waals surface area contributed by atoms with Crippen LogP contribution in [0.1, 0.15) is 37.4 Å². The number of benzene rings is 2. The lowest BCUT2D eigenvalue weighted by Gasteiger charge is -2.27. The number of nitrogens with one attached hydrogen (secondary N) is 1. The van der Waals surface area contributed by atoms with Crippen LogP contribution in [0.2, 0.25) is 0 Å². The van der Waals surface area contributed by atoms with Crippen LogP contribution in [0.5, 0.6) is 5.75 Å². The number of ether oxygens (including phenoxy) is 1. The molecule has 112 valence electrons. The highest BCUT2D eigenvalue weighted by molar-refractivity contribution is 5.32. The molecule has 2 aromatic rings. The number of rotatable bonds is 7. The first kappa shape index (κ1) is 15.6. The zero-order chi connectivity index (χ0) is 15.1. The average Bonchev–Trinajstić information content (AvgIpc) is 2.51. The van der Waals surface area contributed by atoms with Gasteiger partial charge >= 0.3 is 0 Å². The summed E-state index contributed by atoms with van der Waals surface area (Å²) in [6, 6.07) is 18.9. The van der Waals surface area contributed by atoms with Crippen LogP contribution >= 0.6 is 0 Å². The van der Waals surface area contributed by atoms with Crippen molar-refractivity contribution in [3.05, 3.63) is 65.7 Å². The molecular weight excluding hydrogens is 258 g/mol. The van der Waals surface area contributed by atoms with E-state index in [-0.39, 0.29) is 12.1 Å². The molecule has 0 fully saturated rings. The molecule has 2 nitrogen and oxygen atoms in total. The van der Waals surface area contributed by atoms with E-state index in [2.05, 4.69) is 56.4 Å². The lowest BCUT2D eigenvalue weighted by Crippen LogP contribution is -2.34. The molecule has 0 saturated heterocycles. The van der Waals surface area contributed by atoms with Crippen LogP contribution in [0, 0.1) is 6.92 Å². The van der Waals surface area contributed by atoms with E-state index in [0.717, 1.165) is 18.7 Å². The molecule has 2 unspecified atom stereocenters. The summed E-state index contributed by atoms with van der Waals surface area (Å²) in [5, 5.41) is 3.60. The predicted octanol–water partition coefficient (Wildman–Crippen LogP) is 4.50. The highest BCUT2D eigenvalue weighted by Gasteiger charge is 2.20. The van der Waals surface area contributed by atoms with Crippen molar-refractivity contribution in [2.24, 2.45) is 0 Å². The highest BCUT2D eigenvalue weighted by Crippen LogP contribution is 2.24. The van der Waals surface area contributed by atoms with Crippen LogP contribution in [-0.4, -0.2) is 12.6 Å². The summed E-state index contributed by atoms with van der Waals surface area (Å²) in [7, 11) is 0. The first-order valence-corrected chi connectivity index (χ1v) is 7.73. The van der Waals surface area contributed by atoms with E-state index in [4.69, 9.17) is 4.74 Å². The molecule has 0 spiro atoms. The van der Waals surface area contributed by atoms with Crippen molar-refractivity contribution in [1.29, 1.82) is 0 Å². The van der Waals surface area contributed by atoms with Gasteiger partial charge in [0.15, 0.2) is 0 Å². The van der Waals surface area contributed by atoms with E-state index in [1.807, 2.05) is 24.3 Å².